The SMILES string of the molecule is CCOc1ccc(Oc2ccc(NC(=O)Cc3c(C)nc4cc(=O)[nH]n4c3C)cc2)cc1. The Kier molecular flexibility index (Phi) is 5.93. The fraction of sp³-hybridized carbons (Fsp3) is 0.208. The van der Waals surface area contributed by atoms with Crippen LogP contribution < -0.4 is 20.3 Å². The van der Waals surface area contributed by atoms with Crippen LogP contribution in [-0.2, 0) is 11.2 Å². The average molecular weight is 432 g/mol. The normalized spacial score (nSPS) is 10.8. The van der Waals surface area contributed by atoms with Crippen LogP contribution in [0.25, 0.3) is 5.65 Å². The molecule has 1 amide bonds. The predicted molar refractivity (Wildman–Crippen MR) is 122 cm³/mol. The summed E-state index contributed by atoms with van der Waals surface area (Å²) in [5.74, 6) is 1.97. The smallest absolute Gasteiger partial charge is 0.266 e. The fourth-order valence-electron chi connectivity index (χ4n) is 3.49. The molecule has 4 aromatic rings. The van der Waals surface area contributed by atoms with E-state index in [4.69, 9.17) is 9.47 Å². The number of aromatic amines is 1. The topological polar surface area (TPSA) is 97.7 Å². The molecule has 0 saturated heterocycles. The van der Waals surface area contributed by atoms with E-state index in [0.29, 0.717) is 29.4 Å². The maximum Gasteiger partial charge on any atom is 0.266 e. The van der Waals surface area contributed by atoms with E-state index in [1.165, 1.54) is 6.07 Å². The van der Waals surface area contributed by atoms with Crippen molar-refractivity contribution in [3.63, 3.8) is 0 Å². The Morgan fingerprint density at radius 1 is 1.03 bits per heavy atom. The number of aromatic nitrogens is 3. The third-order valence-corrected chi connectivity index (χ3v) is 5.05. The van der Waals surface area contributed by atoms with E-state index in [0.717, 1.165) is 22.7 Å². The van der Waals surface area contributed by atoms with E-state index in [-0.39, 0.29) is 17.9 Å². The number of carbonyl (C=O) groups is 1. The van der Waals surface area contributed by atoms with E-state index < -0.39 is 0 Å². The molecule has 164 valence electrons. The van der Waals surface area contributed by atoms with Crippen LogP contribution >= 0.6 is 0 Å². The lowest BCUT2D eigenvalue weighted by atomic mass is 10.1. The Morgan fingerprint density at radius 3 is 2.31 bits per heavy atom. The minimum atomic E-state index is -0.228. The van der Waals surface area contributed by atoms with Crippen molar-refractivity contribution in [3.05, 3.63) is 81.9 Å². The number of hydrogen-bond donors (Lipinski definition) is 2. The molecule has 0 aliphatic heterocycles. The summed E-state index contributed by atoms with van der Waals surface area (Å²) >= 11 is 0. The van der Waals surface area contributed by atoms with E-state index >= 15 is 0 Å². The molecule has 0 radical (unpaired) electrons. The van der Waals surface area contributed by atoms with Gasteiger partial charge in [-0.3, -0.25) is 14.7 Å². The van der Waals surface area contributed by atoms with Gasteiger partial charge in [0.25, 0.3) is 5.56 Å². The van der Waals surface area contributed by atoms with Gasteiger partial charge >= 0.3 is 0 Å². The molecule has 0 fully saturated rings. The van der Waals surface area contributed by atoms with Crippen LogP contribution in [0, 0.1) is 13.8 Å². The Hall–Kier alpha value is -4.07. The molecular formula is C24H24N4O4. The summed E-state index contributed by atoms with van der Waals surface area (Å²) < 4.78 is 12.9. The average Bonchev–Trinajstić information content (AvgIpc) is 3.14. The lowest BCUT2D eigenvalue weighted by Gasteiger charge is -2.12. The van der Waals surface area contributed by atoms with Crippen molar-refractivity contribution in [1.29, 1.82) is 0 Å². The second-order valence-corrected chi connectivity index (χ2v) is 7.33. The van der Waals surface area contributed by atoms with Crippen LogP contribution in [0.2, 0.25) is 0 Å². The number of nitrogens with zero attached hydrogens (tertiary/aromatic N) is 2. The lowest BCUT2D eigenvalue weighted by molar-refractivity contribution is -0.115. The summed E-state index contributed by atoms with van der Waals surface area (Å²) in [5.41, 5.74) is 3.25. The number of H-pyrrole nitrogens is 1. The van der Waals surface area contributed by atoms with Crippen molar-refractivity contribution in [3.8, 4) is 17.2 Å². The summed E-state index contributed by atoms with van der Waals surface area (Å²) in [6.45, 7) is 6.24. The lowest BCUT2D eigenvalue weighted by Crippen LogP contribution is -2.17. The van der Waals surface area contributed by atoms with Gasteiger partial charge in [-0.2, -0.15) is 0 Å². The van der Waals surface area contributed by atoms with Gasteiger partial charge in [-0.1, -0.05) is 0 Å². The summed E-state index contributed by atoms with van der Waals surface area (Å²) in [4.78, 5) is 28.6. The van der Waals surface area contributed by atoms with Crippen LogP contribution in [-0.4, -0.2) is 27.1 Å². The molecule has 0 unspecified atom stereocenters. The van der Waals surface area contributed by atoms with Crippen molar-refractivity contribution >= 4 is 17.2 Å². The second kappa shape index (κ2) is 8.97. The van der Waals surface area contributed by atoms with Gasteiger partial charge in [0.05, 0.1) is 13.0 Å². The Balaban J connectivity index is 1.41. The molecule has 2 heterocycles. The first-order valence-corrected chi connectivity index (χ1v) is 10.3. The molecule has 0 aliphatic rings. The Labute approximate surface area is 184 Å². The first-order valence-electron chi connectivity index (χ1n) is 10.3. The highest BCUT2D eigenvalue weighted by Gasteiger charge is 2.14. The molecule has 0 bridgehead atoms. The Bertz CT molecular complexity index is 1310. The first kappa shape index (κ1) is 21.2. The number of benzene rings is 2. The molecule has 2 N–H and O–H groups in total. The Morgan fingerprint density at radius 2 is 1.66 bits per heavy atom. The van der Waals surface area contributed by atoms with Gasteiger partial charge in [0.15, 0.2) is 5.65 Å². The van der Waals surface area contributed by atoms with Crippen LogP contribution in [0.4, 0.5) is 5.69 Å². The van der Waals surface area contributed by atoms with Crippen molar-refractivity contribution in [2.75, 3.05) is 11.9 Å². The molecule has 2 aromatic heterocycles. The van der Waals surface area contributed by atoms with Gasteiger partial charge in [-0.15, -0.1) is 0 Å². The summed E-state index contributed by atoms with van der Waals surface area (Å²) in [7, 11) is 0. The fourth-order valence-corrected chi connectivity index (χ4v) is 3.49. The van der Waals surface area contributed by atoms with Crippen molar-refractivity contribution in [2.24, 2.45) is 0 Å². The minimum absolute atomic E-state index is 0.144. The minimum Gasteiger partial charge on any atom is -0.494 e. The number of anilines is 1. The van der Waals surface area contributed by atoms with Gasteiger partial charge in [0, 0.05) is 28.7 Å². The van der Waals surface area contributed by atoms with Gasteiger partial charge in [-0.05, 0) is 69.3 Å². The highest BCUT2D eigenvalue weighted by atomic mass is 16.5. The zero-order chi connectivity index (χ0) is 22.7. The third kappa shape index (κ3) is 4.64. The number of nitrogens with one attached hydrogen (secondary N) is 2. The number of fused-ring (bicyclic) bond motifs is 1. The molecular weight excluding hydrogens is 408 g/mol. The molecule has 32 heavy (non-hydrogen) atoms. The maximum atomic E-state index is 12.6. The van der Waals surface area contributed by atoms with Crippen LogP contribution in [0.5, 0.6) is 17.2 Å². The molecule has 0 aliphatic carbocycles. The number of carbonyl (C=O) groups excluding carboxylic acids is 1. The van der Waals surface area contributed by atoms with E-state index in [1.807, 2.05) is 45.0 Å². The molecule has 8 nitrogen and oxygen atoms in total. The van der Waals surface area contributed by atoms with Crippen LogP contribution in [0.1, 0.15) is 23.9 Å². The highest BCUT2D eigenvalue weighted by Crippen LogP contribution is 2.25. The van der Waals surface area contributed by atoms with Crippen molar-refractivity contribution < 1.29 is 14.3 Å². The highest BCUT2D eigenvalue weighted by molar-refractivity contribution is 5.92. The number of ether oxygens (including phenoxy) is 2. The molecule has 0 saturated carbocycles. The van der Waals surface area contributed by atoms with Crippen LogP contribution in [0.3, 0.4) is 0 Å². The summed E-state index contributed by atoms with van der Waals surface area (Å²) in [6, 6.07) is 16.0. The van der Waals surface area contributed by atoms with Crippen molar-refractivity contribution in [2.45, 2.75) is 27.2 Å². The van der Waals surface area contributed by atoms with Crippen molar-refractivity contribution in [1.82, 2.24) is 14.6 Å². The number of amides is 1. The largest absolute Gasteiger partial charge is 0.494 e. The van der Waals surface area contributed by atoms with Gasteiger partial charge in [0.2, 0.25) is 5.91 Å². The molecule has 4 rings (SSSR count). The second-order valence-electron chi connectivity index (χ2n) is 7.33. The third-order valence-electron chi connectivity index (χ3n) is 5.05. The monoisotopic (exact) mass is 432 g/mol. The van der Waals surface area contributed by atoms with E-state index in [9.17, 15) is 9.59 Å². The molecule has 0 spiro atoms. The first-order chi connectivity index (χ1) is 15.4. The van der Waals surface area contributed by atoms with Gasteiger partial charge < -0.3 is 14.8 Å². The molecule has 0 atom stereocenters. The summed E-state index contributed by atoms with van der Waals surface area (Å²) in [6.07, 6.45) is 0.144. The van der Waals surface area contributed by atoms with E-state index in [2.05, 4.69) is 15.4 Å². The number of rotatable bonds is 7. The zero-order valence-corrected chi connectivity index (χ0v) is 18.1. The summed E-state index contributed by atoms with van der Waals surface area (Å²) in [5, 5.41) is 5.59. The maximum absolute atomic E-state index is 12.6. The predicted octanol–water partition coefficient (Wildman–Crippen LogP) is 4.01. The number of aryl methyl sites for hydroxylation is 2. The quantitative estimate of drug-likeness (QED) is 0.460. The van der Waals surface area contributed by atoms with E-state index in [1.54, 1.807) is 28.8 Å². The van der Waals surface area contributed by atoms with Crippen LogP contribution in [0.15, 0.2) is 59.4 Å². The number of hydrogen-bond acceptors (Lipinski definition) is 5. The van der Waals surface area contributed by atoms with Gasteiger partial charge in [0.1, 0.15) is 17.2 Å². The van der Waals surface area contributed by atoms with Gasteiger partial charge in [-0.25, -0.2) is 9.50 Å². The standard InChI is InChI=1S/C24H24N4O4/c1-4-31-18-9-11-20(12-10-18)32-19-7-5-17(6-8-19)26-23(29)13-21-15(2)25-22-14-24(30)27-28(22)16(21)3/h5-12,14H,4,13H2,1-3H3,(H,26,29)(H,27,30). The molecule has 2 aromatic carbocycles. The zero-order valence-electron chi connectivity index (χ0n) is 18.1. The molecule has 8 heteroatoms.